The highest BCUT2D eigenvalue weighted by Gasteiger charge is 2.22. The van der Waals surface area contributed by atoms with E-state index in [-0.39, 0.29) is 0 Å². The molecule has 2 aliphatic rings. The second-order valence-electron chi connectivity index (χ2n) is 2.57. The number of hydrogen-bond acceptors (Lipinski definition) is 4. The van der Waals surface area contributed by atoms with Crippen LogP contribution in [-0.4, -0.2) is 27.4 Å². The molecule has 0 N–H and O–H groups in total. The average molecular weight is 159 g/mol. The minimum absolute atomic E-state index is 0.598. The zero-order valence-electron chi connectivity index (χ0n) is 6.18. The van der Waals surface area contributed by atoms with Gasteiger partial charge in [0.2, 0.25) is 0 Å². The molecule has 0 spiro atoms. The highest BCUT2D eigenvalue weighted by molar-refractivity contribution is 6.51. The van der Waals surface area contributed by atoms with Crippen LogP contribution in [0.25, 0.3) is 0 Å². The molecule has 58 valence electrons. The summed E-state index contributed by atoms with van der Waals surface area (Å²) in [4.78, 5) is 16.5. The summed E-state index contributed by atoms with van der Waals surface area (Å²) in [6.45, 7) is 0.598. The van der Waals surface area contributed by atoms with Gasteiger partial charge in [0.1, 0.15) is 13.0 Å². The first-order valence-electron chi connectivity index (χ1n) is 3.62. The maximum absolute atomic E-state index is 4.22. The van der Waals surface area contributed by atoms with Crippen LogP contribution in [0, 0.1) is 0 Å². The third kappa shape index (κ3) is 0.578. The molecular weight excluding hydrogens is 154 g/mol. The van der Waals surface area contributed by atoms with E-state index in [1.165, 1.54) is 6.34 Å². The van der Waals surface area contributed by atoms with E-state index in [1.807, 2.05) is 10.8 Å². The van der Waals surface area contributed by atoms with Gasteiger partial charge in [-0.1, -0.05) is 0 Å². The van der Waals surface area contributed by atoms with Crippen LogP contribution >= 0.6 is 0 Å². The molecule has 12 heavy (non-hydrogen) atoms. The Balaban J connectivity index is 2.26. The van der Waals surface area contributed by atoms with Crippen LogP contribution in [0.4, 0.5) is 0 Å². The van der Waals surface area contributed by atoms with E-state index in [4.69, 9.17) is 0 Å². The Morgan fingerprint density at radius 3 is 3.42 bits per heavy atom. The Bertz CT molecular complexity index is 423. The van der Waals surface area contributed by atoms with Gasteiger partial charge >= 0.3 is 0 Å². The Hall–Kier alpha value is -1.78. The summed E-state index contributed by atoms with van der Waals surface area (Å²) >= 11 is 0. The minimum Gasteiger partial charge on any atom is -0.309 e. The first kappa shape index (κ1) is 5.82. The zero-order chi connectivity index (χ0) is 7.97. The van der Waals surface area contributed by atoms with Crippen molar-refractivity contribution in [3.8, 4) is 0 Å². The summed E-state index contributed by atoms with van der Waals surface area (Å²) in [7, 11) is 0. The third-order valence-electron chi connectivity index (χ3n) is 1.88. The smallest absolute Gasteiger partial charge is 0.180 e. The van der Waals surface area contributed by atoms with Crippen LogP contribution in [0.1, 0.15) is 5.82 Å². The van der Waals surface area contributed by atoms with Gasteiger partial charge in [-0.3, -0.25) is 0 Å². The van der Waals surface area contributed by atoms with Crippen LogP contribution in [-0.2, 0) is 6.67 Å². The zero-order valence-corrected chi connectivity index (χ0v) is 6.18. The average Bonchev–Trinajstić information content (AvgIpc) is 2.71. The largest absolute Gasteiger partial charge is 0.309 e. The highest BCUT2D eigenvalue weighted by Crippen LogP contribution is 2.11. The summed E-state index contributed by atoms with van der Waals surface area (Å²) in [6, 6.07) is 0. The maximum Gasteiger partial charge on any atom is 0.180 e. The third-order valence-corrected chi connectivity index (χ3v) is 1.88. The topological polar surface area (TPSA) is 54.9 Å². The lowest BCUT2D eigenvalue weighted by Gasteiger charge is -2.09. The lowest BCUT2D eigenvalue weighted by atomic mass is 10.3. The monoisotopic (exact) mass is 159 g/mol. The molecule has 3 rings (SSSR count). The second kappa shape index (κ2) is 1.88. The van der Waals surface area contributed by atoms with E-state index in [1.54, 1.807) is 6.20 Å². The predicted molar refractivity (Wildman–Crippen MR) is 44.7 cm³/mol. The molecule has 5 nitrogen and oxygen atoms in total. The van der Waals surface area contributed by atoms with Crippen molar-refractivity contribution in [2.75, 3.05) is 0 Å². The van der Waals surface area contributed by atoms with E-state index in [9.17, 15) is 0 Å². The van der Waals surface area contributed by atoms with E-state index in [0.29, 0.717) is 12.5 Å². The molecule has 0 unspecified atom stereocenters. The van der Waals surface area contributed by atoms with Crippen LogP contribution in [0.15, 0.2) is 27.4 Å². The van der Waals surface area contributed by atoms with Crippen molar-refractivity contribution in [2.24, 2.45) is 15.0 Å². The van der Waals surface area contributed by atoms with Crippen molar-refractivity contribution < 1.29 is 0 Å². The molecule has 0 saturated carbocycles. The fourth-order valence-corrected chi connectivity index (χ4v) is 1.32. The molecule has 2 aliphatic heterocycles. The first-order chi connectivity index (χ1) is 5.95. The summed E-state index contributed by atoms with van der Waals surface area (Å²) in [5.74, 6) is 1.56. The first-order valence-corrected chi connectivity index (χ1v) is 3.62. The van der Waals surface area contributed by atoms with Gasteiger partial charge in [-0.25, -0.2) is 20.0 Å². The fourth-order valence-electron chi connectivity index (χ4n) is 1.32. The molecule has 1 aromatic heterocycles. The Morgan fingerprint density at radius 2 is 2.42 bits per heavy atom. The summed E-state index contributed by atoms with van der Waals surface area (Å²) < 4.78 is 1.94. The predicted octanol–water partition coefficient (Wildman–Crippen LogP) is 0.0837. The van der Waals surface area contributed by atoms with Gasteiger partial charge in [-0.2, -0.15) is 0 Å². The van der Waals surface area contributed by atoms with Crippen molar-refractivity contribution >= 4 is 17.9 Å². The Kier molecular flexibility index (Phi) is 0.910. The van der Waals surface area contributed by atoms with Gasteiger partial charge in [0.15, 0.2) is 17.4 Å². The van der Waals surface area contributed by atoms with E-state index >= 15 is 0 Å². The quantitative estimate of drug-likeness (QED) is 0.529. The van der Waals surface area contributed by atoms with Crippen LogP contribution in [0.3, 0.4) is 0 Å². The molecular formula is C7H5N5. The lowest BCUT2D eigenvalue weighted by molar-refractivity contribution is 0.718. The molecule has 1 aromatic rings. The number of imidazole rings is 1. The van der Waals surface area contributed by atoms with Crippen molar-refractivity contribution in [2.45, 2.75) is 6.67 Å². The number of rotatable bonds is 0. The van der Waals surface area contributed by atoms with Gasteiger partial charge in [0, 0.05) is 12.4 Å². The lowest BCUT2D eigenvalue weighted by Crippen LogP contribution is -2.21. The number of fused-ring (bicyclic) bond motifs is 3. The molecule has 5 heteroatoms. The van der Waals surface area contributed by atoms with Gasteiger partial charge < -0.3 is 4.57 Å². The second-order valence-corrected chi connectivity index (χ2v) is 2.57. The van der Waals surface area contributed by atoms with Crippen LogP contribution < -0.4 is 0 Å². The van der Waals surface area contributed by atoms with E-state index < -0.39 is 0 Å². The molecule has 0 aliphatic carbocycles. The molecule has 0 saturated heterocycles. The van der Waals surface area contributed by atoms with Gasteiger partial charge in [0.05, 0.1) is 0 Å². The van der Waals surface area contributed by atoms with E-state index in [2.05, 4.69) is 20.0 Å². The molecule has 3 heterocycles. The number of aromatic nitrogens is 2. The summed E-state index contributed by atoms with van der Waals surface area (Å²) in [6.07, 6.45) is 5.14. The molecule has 0 atom stereocenters. The number of hydrogen-bond donors (Lipinski definition) is 0. The van der Waals surface area contributed by atoms with Crippen molar-refractivity contribution in [1.29, 1.82) is 0 Å². The Morgan fingerprint density at radius 1 is 1.42 bits per heavy atom. The molecule has 0 amide bonds. The fraction of sp³-hybridized carbons (Fsp3) is 0.143. The SMILES string of the molecule is C1=NC2=NCn3ccnc3C2=N1. The maximum atomic E-state index is 4.22. The van der Waals surface area contributed by atoms with E-state index in [0.717, 1.165) is 11.5 Å². The van der Waals surface area contributed by atoms with Crippen LogP contribution in [0.2, 0.25) is 0 Å². The number of nitrogens with zero attached hydrogens (tertiary/aromatic N) is 5. The van der Waals surface area contributed by atoms with Gasteiger partial charge in [-0.05, 0) is 0 Å². The van der Waals surface area contributed by atoms with Gasteiger partial charge in [0.25, 0.3) is 0 Å². The molecule has 0 radical (unpaired) electrons. The highest BCUT2D eigenvalue weighted by atomic mass is 15.2. The van der Waals surface area contributed by atoms with Crippen LogP contribution in [0.5, 0.6) is 0 Å². The molecule has 0 bridgehead atoms. The summed E-state index contributed by atoms with van der Waals surface area (Å²) in [5, 5.41) is 0. The van der Waals surface area contributed by atoms with Crippen molar-refractivity contribution in [3.05, 3.63) is 18.2 Å². The summed E-state index contributed by atoms with van der Waals surface area (Å²) in [5.41, 5.74) is 0.784. The standard InChI is InChI=1S/C7H5N5/c1-2-12-4-11-6-5(7(12)8-1)9-3-10-6/h1-3H,4H2. The van der Waals surface area contributed by atoms with Gasteiger partial charge in [-0.15, -0.1) is 0 Å². The minimum atomic E-state index is 0.598. The molecule has 0 aromatic carbocycles. The number of aliphatic imine (C=N–C) groups is 3. The van der Waals surface area contributed by atoms with Crippen molar-refractivity contribution in [3.63, 3.8) is 0 Å². The Labute approximate surface area is 68.2 Å². The van der Waals surface area contributed by atoms with Crippen molar-refractivity contribution in [1.82, 2.24) is 9.55 Å². The molecule has 0 fully saturated rings. The number of amidine groups is 1. The normalized spacial score (nSPS) is 18.3.